The van der Waals surface area contributed by atoms with E-state index in [9.17, 15) is 29.9 Å². The largest absolute Gasteiger partial charge is 0.479 e. The third-order valence-corrected chi connectivity index (χ3v) is 6.47. The number of hydrogen-bond donors (Lipinski definition) is 2. The zero-order valence-corrected chi connectivity index (χ0v) is 14.6. The summed E-state index contributed by atoms with van der Waals surface area (Å²) in [6, 6.07) is 5.48. The number of carboxylic acids is 1. The van der Waals surface area contributed by atoms with Crippen molar-refractivity contribution in [3.63, 3.8) is 0 Å². The maximum Gasteiger partial charge on any atom is 0.336 e. The van der Waals surface area contributed by atoms with E-state index in [1.807, 2.05) is 0 Å². The average molecular weight is 382 g/mol. The molecule has 0 spiro atoms. The van der Waals surface area contributed by atoms with E-state index >= 15 is 0 Å². The van der Waals surface area contributed by atoms with Crippen LogP contribution in [0.15, 0.2) is 24.3 Å². The molecule has 10 heteroatoms. The van der Waals surface area contributed by atoms with Gasteiger partial charge in [0.1, 0.15) is 0 Å². The number of aliphatic carboxylic acids is 1. The van der Waals surface area contributed by atoms with Crippen molar-refractivity contribution < 1.29 is 24.7 Å². The third-order valence-electron chi connectivity index (χ3n) is 4.54. The van der Waals surface area contributed by atoms with E-state index < -0.39 is 39.7 Å². The van der Waals surface area contributed by atoms with Crippen LogP contribution in [0.3, 0.4) is 0 Å². The number of nitro groups is 1. The number of benzene rings is 1. The smallest absolute Gasteiger partial charge is 0.336 e. The van der Waals surface area contributed by atoms with Gasteiger partial charge in [0.25, 0.3) is 5.69 Å². The van der Waals surface area contributed by atoms with E-state index in [4.69, 9.17) is 12.2 Å². The van der Waals surface area contributed by atoms with Crippen LogP contribution in [0.5, 0.6) is 0 Å². The number of carbonyl (C=O) groups excluding carboxylic acids is 1. The van der Waals surface area contributed by atoms with Crippen molar-refractivity contribution >= 4 is 45.7 Å². The number of hydrogen-bond acceptors (Lipinski definition) is 7. The second kappa shape index (κ2) is 6.04. The van der Waals surface area contributed by atoms with Crippen molar-refractivity contribution in [2.45, 2.75) is 30.4 Å². The van der Waals surface area contributed by atoms with Crippen molar-refractivity contribution in [2.75, 3.05) is 0 Å². The average Bonchev–Trinajstić information content (AvgIpc) is 2.77. The Morgan fingerprint density at radius 3 is 2.56 bits per heavy atom. The summed E-state index contributed by atoms with van der Waals surface area (Å²) < 4.78 is 0.153. The van der Waals surface area contributed by atoms with Gasteiger partial charge in [0.15, 0.2) is 5.54 Å². The zero-order valence-electron chi connectivity index (χ0n) is 13.0. The van der Waals surface area contributed by atoms with E-state index in [0.29, 0.717) is 5.56 Å². The highest BCUT2D eigenvalue weighted by Gasteiger charge is 2.68. The molecule has 0 saturated carbocycles. The SMILES string of the molecule is C[C@@H](O)[C@H]1C(=O)N2C1SC(=S)C2(Cc1ccc([N+](=O)[O-])cc1)C(=O)O. The lowest BCUT2D eigenvalue weighted by atomic mass is 9.82. The number of nitrogens with zero attached hydrogens (tertiary/aromatic N) is 2. The number of carbonyl (C=O) groups is 2. The minimum atomic E-state index is -1.69. The summed E-state index contributed by atoms with van der Waals surface area (Å²) in [6.07, 6.45) is -0.978. The lowest BCUT2D eigenvalue weighted by Gasteiger charge is -2.48. The number of fused-ring (bicyclic) bond motifs is 1. The number of carboxylic acid groups (broad SMARTS) is 1. The molecule has 2 aliphatic rings. The molecule has 2 N–H and O–H groups in total. The van der Waals surface area contributed by atoms with Gasteiger partial charge in [-0.3, -0.25) is 14.9 Å². The van der Waals surface area contributed by atoms with Crippen molar-refractivity contribution in [1.82, 2.24) is 4.90 Å². The maximum atomic E-state index is 12.4. The first-order valence-corrected chi connectivity index (χ1v) is 8.68. The van der Waals surface area contributed by atoms with Gasteiger partial charge in [-0.2, -0.15) is 0 Å². The molecule has 0 radical (unpaired) electrons. The van der Waals surface area contributed by atoms with Gasteiger partial charge in [-0.05, 0) is 12.5 Å². The Hall–Kier alpha value is -2.04. The summed E-state index contributed by atoms with van der Waals surface area (Å²) in [4.78, 5) is 35.9. The van der Waals surface area contributed by atoms with Gasteiger partial charge in [0.2, 0.25) is 5.91 Å². The first-order chi connectivity index (χ1) is 11.7. The van der Waals surface area contributed by atoms with Crippen molar-refractivity contribution in [3.8, 4) is 0 Å². The molecule has 1 aromatic carbocycles. The molecular weight excluding hydrogens is 368 g/mol. The van der Waals surface area contributed by atoms with Crippen molar-refractivity contribution in [1.29, 1.82) is 0 Å². The highest BCUT2D eigenvalue weighted by molar-refractivity contribution is 8.24. The van der Waals surface area contributed by atoms with E-state index in [-0.39, 0.29) is 16.3 Å². The Balaban J connectivity index is 1.95. The fraction of sp³-hybridized carbons (Fsp3) is 0.400. The monoisotopic (exact) mass is 382 g/mol. The quantitative estimate of drug-likeness (QED) is 0.337. The second-order valence-electron chi connectivity index (χ2n) is 6.04. The molecule has 1 aromatic rings. The number of amides is 1. The molecule has 132 valence electrons. The number of thioether (sulfide) groups is 1. The first kappa shape index (κ1) is 17.8. The number of non-ortho nitro benzene ring substituents is 1. The van der Waals surface area contributed by atoms with Crippen LogP contribution in [-0.2, 0) is 16.0 Å². The summed E-state index contributed by atoms with van der Waals surface area (Å²) in [6.45, 7) is 1.49. The molecule has 2 aliphatic heterocycles. The summed E-state index contributed by atoms with van der Waals surface area (Å²) in [5.41, 5.74) is -1.28. The van der Waals surface area contributed by atoms with Crippen LogP contribution in [0.4, 0.5) is 5.69 Å². The molecular formula is C15H14N2O6S2. The molecule has 0 bridgehead atoms. The van der Waals surface area contributed by atoms with Crippen molar-refractivity contribution in [3.05, 3.63) is 39.9 Å². The van der Waals surface area contributed by atoms with Crippen LogP contribution >= 0.6 is 24.0 Å². The number of nitro benzene ring substituents is 1. The molecule has 2 fully saturated rings. The number of aliphatic hydroxyl groups is 1. The lowest BCUT2D eigenvalue weighted by Crippen LogP contribution is -2.70. The van der Waals surface area contributed by atoms with Gasteiger partial charge in [-0.15, -0.1) is 0 Å². The fourth-order valence-corrected chi connectivity index (χ4v) is 5.33. The lowest BCUT2D eigenvalue weighted by molar-refractivity contribution is -0.384. The van der Waals surface area contributed by atoms with Crippen LogP contribution < -0.4 is 0 Å². The summed E-state index contributed by atoms with van der Waals surface area (Å²) in [7, 11) is 0. The van der Waals surface area contributed by atoms with Gasteiger partial charge in [-0.25, -0.2) is 4.79 Å². The molecule has 0 aliphatic carbocycles. The van der Waals surface area contributed by atoms with Crippen LogP contribution in [0.1, 0.15) is 12.5 Å². The molecule has 0 aromatic heterocycles. The molecule has 2 saturated heterocycles. The molecule has 4 atom stereocenters. The minimum absolute atomic E-state index is 0.0824. The van der Waals surface area contributed by atoms with Crippen molar-refractivity contribution in [2.24, 2.45) is 5.92 Å². The van der Waals surface area contributed by atoms with Crippen LogP contribution in [-0.4, -0.2) is 53.1 Å². The predicted octanol–water partition coefficient (Wildman–Crippen LogP) is 1.20. The normalized spacial score (nSPS) is 29.1. The van der Waals surface area contributed by atoms with E-state index in [1.165, 1.54) is 36.1 Å². The summed E-state index contributed by atoms with van der Waals surface area (Å²) in [5, 5.41) is 29.8. The zero-order chi connectivity index (χ0) is 18.5. The Bertz CT molecular complexity index is 781. The van der Waals surface area contributed by atoms with Gasteiger partial charge in [0, 0.05) is 18.6 Å². The third kappa shape index (κ3) is 2.52. The highest BCUT2D eigenvalue weighted by atomic mass is 32.2. The minimum Gasteiger partial charge on any atom is -0.479 e. The Morgan fingerprint density at radius 1 is 1.48 bits per heavy atom. The molecule has 3 rings (SSSR count). The van der Waals surface area contributed by atoms with Crippen LogP contribution in [0, 0.1) is 16.0 Å². The summed E-state index contributed by atoms with van der Waals surface area (Å²) in [5.74, 6) is -2.37. The Labute approximate surface area is 152 Å². The second-order valence-corrected chi connectivity index (χ2v) is 7.83. The van der Waals surface area contributed by atoms with E-state index in [2.05, 4.69) is 0 Å². The number of rotatable bonds is 5. The number of β-lactam (4-membered cyclic amide) rings is 1. The maximum absolute atomic E-state index is 12.4. The molecule has 8 nitrogen and oxygen atoms in total. The van der Waals surface area contributed by atoms with Gasteiger partial charge >= 0.3 is 5.97 Å². The molecule has 25 heavy (non-hydrogen) atoms. The Morgan fingerprint density at radius 2 is 2.08 bits per heavy atom. The first-order valence-electron chi connectivity index (χ1n) is 7.39. The topological polar surface area (TPSA) is 121 Å². The van der Waals surface area contributed by atoms with Gasteiger partial charge in [-0.1, -0.05) is 36.1 Å². The number of aliphatic hydroxyl groups excluding tert-OH is 1. The number of thiocarbonyl (C=S) groups is 1. The fourth-order valence-electron chi connectivity index (χ4n) is 3.22. The highest BCUT2D eigenvalue weighted by Crippen LogP contribution is 2.52. The standard InChI is InChI=1S/C15H14N2O6S2/c1-7(18)10-11(19)16-12(10)25-14(24)15(16,13(20)21)6-8-2-4-9(5-3-8)17(22)23/h2-5,7,10,12,18H,6H2,1H3,(H,20,21)/t7-,10+,12?,15?/m1/s1. The van der Waals surface area contributed by atoms with Gasteiger partial charge in [0.05, 0.1) is 26.5 Å². The molecule has 1 amide bonds. The molecule has 2 heterocycles. The van der Waals surface area contributed by atoms with E-state index in [0.717, 1.165) is 11.8 Å². The Kier molecular flexibility index (Phi) is 4.30. The van der Waals surface area contributed by atoms with Gasteiger partial charge < -0.3 is 15.1 Å². The predicted molar refractivity (Wildman–Crippen MR) is 93.2 cm³/mol. The molecule has 2 unspecified atom stereocenters. The summed E-state index contributed by atoms with van der Waals surface area (Å²) >= 11 is 6.39. The van der Waals surface area contributed by atoms with Crippen LogP contribution in [0.2, 0.25) is 0 Å². The van der Waals surface area contributed by atoms with Crippen LogP contribution in [0.25, 0.3) is 0 Å². The van der Waals surface area contributed by atoms with E-state index in [1.54, 1.807) is 0 Å².